The fourth-order valence-electron chi connectivity index (χ4n) is 2.05. The molecule has 2 heterocycles. The molecule has 0 bridgehead atoms. The van der Waals surface area contributed by atoms with Gasteiger partial charge in [0.15, 0.2) is 9.84 Å². The second-order valence-corrected chi connectivity index (χ2v) is 5.74. The molecule has 2 fully saturated rings. The van der Waals surface area contributed by atoms with E-state index in [0.29, 0.717) is 17.4 Å². The van der Waals surface area contributed by atoms with Gasteiger partial charge in [-0.15, -0.1) is 0 Å². The quantitative estimate of drug-likeness (QED) is 0.554. The summed E-state index contributed by atoms with van der Waals surface area (Å²) in [5, 5.41) is 3.23. The van der Waals surface area contributed by atoms with Gasteiger partial charge >= 0.3 is 0 Å². The summed E-state index contributed by atoms with van der Waals surface area (Å²) in [6, 6.07) is 0.272. The van der Waals surface area contributed by atoms with Gasteiger partial charge in [-0.1, -0.05) is 0 Å². The first kappa shape index (κ1) is 7.55. The van der Waals surface area contributed by atoms with Crippen molar-refractivity contribution in [2.24, 2.45) is 5.92 Å². The van der Waals surface area contributed by atoms with Crippen LogP contribution in [0.4, 0.5) is 0 Å². The Balaban J connectivity index is 2.14. The lowest BCUT2D eigenvalue weighted by molar-refractivity contribution is 0.437. The molecule has 0 aromatic carbocycles. The van der Waals surface area contributed by atoms with E-state index in [4.69, 9.17) is 0 Å². The molecule has 2 saturated heterocycles. The zero-order chi connectivity index (χ0) is 7.90. The third-order valence-corrected chi connectivity index (χ3v) is 4.45. The molecule has 0 aromatic rings. The van der Waals surface area contributed by atoms with Crippen molar-refractivity contribution in [1.29, 1.82) is 0 Å². The van der Waals surface area contributed by atoms with Crippen molar-refractivity contribution in [3.63, 3.8) is 0 Å². The Kier molecular flexibility index (Phi) is 1.68. The zero-order valence-corrected chi connectivity index (χ0v) is 7.23. The normalized spacial score (nSPS) is 41.8. The van der Waals surface area contributed by atoms with Crippen LogP contribution in [-0.2, 0) is 9.84 Å². The Hall–Kier alpha value is -0.0900. The number of hydrogen-bond acceptors (Lipinski definition) is 3. The number of hydrogen-bond donors (Lipinski definition) is 1. The molecular weight excluding hydrogens is 162 g/mol. The van der Waals surface area contributed by atoms with E-state index in [-0.39, 0.29) is 6.04 Å². The van der Waals surface area contributed by atoms with E-state index in [2.05, 4.69) is 5.32 Å². The Bertz CT molecular complexity index is 247. The summed E-state index contributed by atoms with van der Waals surface area (Å²) in [6.45, 7) is 1.00. The van der Waals surface area contributed by atoms with Crippen molar-refractivity contribution < 1.29 is 8.42 Å². The van der Waals surface area contributed by atoms with Crippen LogP contribution in [0, 0.1) is 5.92 Å². The maximum absolute atomic E-state index is 11.2. The van der Waals surface area contributed by atoms with Crippen LogP contribution in [-0.4, -0.2) is 32.5 Å². The summed E-state index contributed by atoms with van der Waals surface area (Å²) >= 11 is 0. The molecule has 64 valence electrons. The minimum atomic E-state index is -2.70. The molecule has 2 atom stereocenters. The highest BCUT2D eigenvalue weighted by Crippen LogP contribution is 2.25. The van der Waals surface area contributed by atoms with Gasteiger partial charge in [-0.2, -0.15) is 0 Å². The zero-order valence-electron chi connectivity index (χ0n) is 6.41. The molecule has 3 nitrogen and oxygen atoms in total. The summed E-state index contributed by atoms with van der Waals surface area (Å²) in [5.74, 6) is 1.42. The Morgan fingerprint density at radius 3 is 2.91 bits per heavy atom. The average Bonchev–Trinajstić information content (AvgIpc) is 2.31. The molecule has 2 rings (SSSR count). The summed E-state index contributed by atoms with van der Waals surface area (Å²) in [4.78, 5) is 0. The van der Waals surface area contributed by atoms with Crippen LogP contribution >= 0.6 is 0 Å². The molecule has 0 aromatic heterocycles. The molecule has 1 N–H and O–H groups in total. The van der Waals surface area contributed by atoms with Gasteiger partial charge in [0.25, 0.3) is 0 Å². The average molecular weight is 175 g/mol. The molecular formula is C7H13NO2S. The summed E-state index contributed by atoms with van der Waals surface area (Å²) in [5.41, 5.74) is 0. The fourth-order valence-corrected chi connectivity index (χ4v) is 3.82. The van der Waals surface area contributed by atoms with E-state index < -0.39 is 9.84 Å². The smallest absolute Gasteiger partial charge is 0.151 e. The van der Waals surface area contributed by atoms with E-state index in [9.17, 15) is 8.42 Å². The van der Waals surface area contributed by atoms with Gasteiger partial charge in [-0.25, -0.2) is 8.42 Å². The van der Waals surface area contributed by atoms with Crippen molar-refractivity contribution in [3.05, 3.63) is 0 Å². The maximum Gasteiger partial charge on any atom is 0.151 e. The van der Waals surface area contributed by atoms with E-state index in [1.807, 2.05) is 0 Å². The van der Waals surface area contributed by atoms with Gasteiger partial charge in [-0.05, 0) is 25.3 Å². The monoisotopic (exact) mass is 175 g/mol. The standard InChI is InChI=1S/C7H13NO2S/c9-11(10)4-2-6-1-3-8-7(6)5-11/h6-8H,1-5H2/t6-,7-/m1/s1. The number of fused-ring (bicyclic) bond motifs is 1. The fraction of sp³-hybridized carbons (Fsp3) is 1.00. The Morgan fingerprint density at radius 2 is 2.09 bits per heavy atom. The van der Waals surface area contributed by atoms with Gasteiger partial charge in [0, 0.05) is 6.04 Å². The molecule has 11 heavy (non-hydrogen) atoms. The highest BCUT2D eigenvalue weighted by atomic mass is 32.2. The highest BCUT2D eigenvalue weighted by Gasteiger charge is 2.35. The largest absolute Gasteiger partial charge is 0.313 e. The molecule has 0 spiro atoms. The molecule has 4 heteroatoms. The minimum absolute atomic E-state index is 0.272. The van der Waals surface area contributed by atoms with E-state index in [0.717, 1.165) is 13.0 Å². The van der Waals surface area contributed by atoms with Crippen molar-refractivity contribution >= 4 is 9.84 Å². The van der Waals surface area contributed by atoms with Crippen LogP contribution in [0.25, 0.3) is 0 Å². The molecule has 0 radical (unpaired) electrons. The van der Waals surface area contributed by atoms with E-state index >= 15 is 0 Å². The van der Waals surface area contributed by atoms with Crippen LogP contribution in [0.1, 0.15) is 12.8 Å². The molecule has 0 aliphatic carbocycles. The molecule has 0 amide bonds. The third kappa shape index (κ3) is 1.42. The van der Waals surface area contributed by atoms with Gasteiger partial charge in [0.1, 0.15) is 0 Å². The summed E-state index contributed by atoms with van der Waals surface area (Å²) < 4.78 is 22.3. The summed E-state index contributed by atoms with van der Waals surface area (Å²) in [7, 11) is -2.70. The van der Waals surface area contributed by atoms with Gasteiger partial charge < -0.3 is 5.32 Å². The van der Waals surface area contributed by atoms with Crippen molar-refractivity contribution in [3.8, 4) is 0 Å². The van der Waals surface area contributed by atoms with Crippen molar-refractivity contribution in [2.45, 2.75) is 18.9 Å². The minimum Gasteiger partial charge on any atom is -0.313 e. The summed E-state index contributed by atoms with van der Waals surface area (Å²) in [6.07, 6.45) is 2.04. The van der Waals surface area contributed by atoms with Crippen LogP contribution in [0.3, 0.4) is 0 Å². The first-order chi connectivity index (χ1) is 5.17. The predicted molar refractivity (Wildman–Crippen MR) is 43.2 cm³/mol. The second-order valence-electron chi connectivity index (χ2n) is 3.51. The lowest BCUT2D eigenvalue weighted by atomic mass is 9.99. The molecule has 0 unspecified atom stereocenters. The topological polar surface area (TPSA) is 46.2 Å². The third-order valence-electron chi connectivity index (χ3n) is 2.72. The molecule has 0 saturated carbocycles. The van der Waals surface area contributed by atoms with Gasteiger partial charge in [-0.3, -0.25) is 0 Å². The van der Waals surface area contributed by atoms with E-state index in [1.165, 1.54) is 6.42 Å². The molecule has 2 aliphatic heterocycles. The first-order valence-corrected chi connectivity index (χ1v) is 5.93. The van der Waals surface area contributed by atoms with Crippen LogP contribution < -0.4 is 5.32 Å². The SMILES string of the molecule is O=S1(=O)CC[C@H]2CCN[C@@H]2C1. The number of nitrogens with one attached hydrogen (secondary N) is 1. The maximum atomic E-state index is 11.2. The van der Waals surface area contributed by atoms with E-state index in [1.54, 1.807) is 0 Å². The number of sulfone groups is 1. The van der Waals surface area contributed by atoms with Crippen LogP contribution in [0.15, 0.2) is 0 Å². The van der Waals surface area contributed by atoms with Gasteiger partial charge in [0.05, 0.1) is 11.5 Å². The predicted octanol–water partition coefficient (Wildman–Crippen LogP) is -0.217. The Morgan fingerprint density at radius 1 is 1.27 bits per heavy atom. The lowest BCUT2D eigenvalue weighted by Gasteiger charge is -2.24. The van der Waals surface area contributed by atoms with Crippen molar-refractivity contribution in [1.82, 2.24) is 5.32 Å². The second kappa shape index (κ2) is 2.45. The van der Waals surface area contributed by atoms with Gasteiger partial charge in [0.2, 0.25) is 0 Å². The van der Waals surface area contributed by atoms with Crippen LogP contribution in [0.2, 0.25) is 0 Å². The highest BCUT2D eigenvalue weighted by molar-refractivity contribution is 7.91. The number of rotatable bonds is 0. The first-order valence-electron chi connectivity index (χ1n) is 4.11. The van der Waals surface area contributed by atoms with Crippen molar-refractivity contribution in [2.75, 3.05) is 18.1 Å². The Labute approximate surface area is 67.1 Å². The lowest BCUT2D eigenvalue weighted by Crippen LogP contribution is -2.40. The van der Waals surface area contributed by atoms with Crippen LogP contribution in [0.5, 0.6) is 0 Å². The molecule has 2 aliphatic rings.